The smallest absolute Gasteiger partial charge is 0.337 e. The molecule has 1 saturated heterocycles. The van der Waals surface area contributed by atoms with Gasteiger partial charge in [-0.3, -0.25) is 4.79 Å². The van der Waals surface area contributed by atoms with Gasteiger partial charge in [0.1, 0.15) is 5.52 Å². The quantitative estimate of drug-likeness (QED) is 0.679. The minimum atomic E-state index is -0.391. The molecule has 0 unspecified atom stereocenters. The van der Waals surface area contributed by atoms with E-state index in [1.54, 1.807) is 18.2 Å². The van der Waals surface area contributed by atoms with Crippen LogP contribution in [-0.4, -0.2) is 37.1 Å². The number of hydrogen-bond donors (Lipinski definition) is 1. The summed E-state index contributed by atoms with van der Waals surface area (Å²) >= 11 is 0. The Morgan fingerprint density at radius 2 is 1.93 bits per heavy atom. The highest BCUT2D eigenvalue weighted by Crippen LogP contribution is 2.27. The number of hydrogen-bond acceptors (Lipinski definition) is 6. The Kier molecular flexibility index (Phi) is 5.20. The van der Waals surface area contributed by atoms with Crippen molar-refractivity contribution in [2.24, 2.45) is 5.92 Å². The molecule has 0 spiro atoms. The maximum atomic E-state index is 12.7. The summed E-state index contributed by atoms with van der Waals surface area (Å²) in [7, 11) is 1.35. The summed E-state index contributed by atoms with van der Waals surface area (Å²) in [5.74, 6) is -0.469. The van der Waals surface area contributed by atoms with E-state index in [0.29, 0.717) is 30.4 Å². The molecule has 0 radical (unpaired) electrons. The average molecular weight is 393 g/mol. The Bertz CT molecular complexity index is 1020. The molecule has 1 fully saturated rings. The fourth-order valence-electron chi connectivity index (χ4n) is 3.61. The number of carbonyl (C=O) groups is 2. The lowest BCUT2D eigenvalue weighted by molar-refractivity contribution is -0.120. The van der Waals surface area contributed by atoms with Gasteiger partial charge >= 0.3 is 5.97 Å². The number of nitrogens with zero attached hydrogens (tertiary/aromatic N) is 2. The van der Waals surface area contributed by atoms with Crippen LogP contribution in [0.5, 0.6) is 0 Å². The van der Waals surface area contributed by atoms with Gasteiger partial charge in [-0.15, -0.1) is 0 Å². The number of fused-ring (bicyclic) bond motifs is 1. The topological polar surface area (TPSA) is 84.7 Å². The fraction of sp³-hybridized carbons (Fsp3) is 0.318. The molecule has 1 aliphatic heterocycles. The van der Waals surface area contributed by atoms with Gasteiger partial charge in [-0.25, -0.2) is 4.79 Å². The first-order valence-electron chi connectivity index (χ1n) is 9.65. The van der Waals surface area contributed by atoms with Crippen LogP contribution in [0.25, 0.3) is 11.1 Å². The number of anilines is 2. The van der Waals surface area contributed by atoms with E-state index in [-0.39, 0.29) is 11.8 Å². The number of aromatic nitrogens is 1. The SMILES string of the molecule is COC(=O)c1ccc(NC(=O)C2CCN(c3nc4ccccc4o3)CC2)c(C)c1. The number of nitrogens with one attached hydrogen (secondary N) is 1. The third-order valence-corrected chi connectivity index (χ3v) is 5.32. The molecule has 7 nitrogen and oxygen atoms in total. The van der Waals surface area contributed by atoms with Crippen molar-refractivity contribution in [3.8, 4) is 0 Å². The molecule has 1 N–H and O–H groups in total. The molecule has 7 heteroatoms. The number of para-hydroxylation sites is 2. The largest absolute Gasteiger partial charge is 0.465 e. The first kappa shape index (κ1) is 19.0. The van der Waals surface area contributed by atoms with Crippen molar-refractivity contribution >= 4 is 34.7 Å². The van der Waals surface area contributed by atoms with Crippen LogP contribution in [0, 0.1) is 12.8 Å². The standard InChI is InChI=1S/C22H23N3O4/c1-14-13-16(21(27)28-2)7-8-17(14)23-20(26)15-9-11-25(12-10-15)22-24-18-5-3-4-6-19(18)29-22/h3-8,13,15H,9-12H2,1-2H3,(H,23,26). The fourth-order valence-corrected chi connectivity index (χ4v) is 3.61. The van der Waals surface area contributed by atoms with E-state index in [0.717, 1.165) is 29.5 Å². The number of esters is 1. The summed E-state index contributed by atoms with van der Waals surface area (Å²) in [5.41, 5.74) is 3.62. The zero-order chi connectivity index (χ0) is 20.4. The number of piperidine rings is 1. The highest BCUT2D eigenvalue weighted by atomic mass is 16.5. The van der Waals surface area contributed by atoms with Gasteiger partial charge in [0.05, 0.1) is 12.7 Å². The number of methoxy groups -OCH3 is 1. The average Bonchev–Trinajstić information content (AvgIpc) is 3.19. The van der Waals surface area contributed by atoms with Gasteiger partial charge in [0.25, 0.3) is 6.01 Å². The zero-order valence-electron chi connectivity index (χ0n) is 16.5. The molecular weight excluding hydrogens is 370 g/mol. The number of ether oxygens (including phenoxy) is 1. The second-order valence-corrected chi connectivity index (χ2v) is 7.24. The van der Waals surface area contributed by atoms with Crippen LogP contribution >= 0.6 is 0 Å². The third-order valence-electron chi connectivity index (χ3n) is 5.32. The summed E-state index contributed by atoms with van der Waals surface area (Å²) < 4.78 is 10.6. The van der Waals surface area contributed by atoms with Gasteiger partial charge in [0, 0.05) is 24.7 Å². The molecule has 0 aliphatic carbocycles. The van der Waals surface area contributed by atoms with E-state index >= 15 is 0 Å². The number of aryl methyl sites for hydroxylation is 1. The Morgan fingerprint density at radius 1 is 1.17 bits per heavy atom. The first-order chi connectivity index (χ1) is 14.0. The van der Waals surface area contributed by atoms with Crippen molar-refractivity contribution in [2.75, 3.05) is 30.4 Å². The Morgan fingerprint density at radius 3 is 2.62 bits per heavy atom. The van der Waals surface area contributed by atoms with Gasteiger partial charge in [0.2, 0.25) is 5.91 Å². The Balaban J connectivity index is 1.37. The van der Waals surface area contributed by atoms with Crippen molar-refractivity contribution in [1.82, 2.24) is 4.98 Å². The number of rotatable bonds is 4. The monoisotopic (exact) mass is 393 g/mol. The lowest BCUT2D eigenvalue weighted by Crippen LogP contribution is -2.38. The van der Waals surface area contributed by atoms with E-state index in [2.05, 4.69) is 15.2 Å². The van der Waals surface area contributed by atoms with Crippen molar-refractivity contribution in [1.29, 1.82) is 0 Å². The molecule has 1 aliphatic rings. The normalized spacial score (nSPS) is 14.8. The number of benzene rings is 2. The highest BCUT2D eigenvalue weighted by molar-refractivity contribution is 5.95. The van der Waals surface area contributed by atoms with Gasteiger partial charge in [-0.2, -0.15) is 4.98 Å². The van der Waals surface area contributed by atoms with Crippen molar-refractivity contribution < 1.29 is 18.7 Å². The predicted molar refractivity (Wildman–Crippen MR) is 110 cm³/mol. The minimum Gasteiger partial charge on any atom is -0.465 e. The maximum Gasteiger partial charge on any atom is 0.337 e. The van der Waals surface area contributed by atoms with Crippen LogP contribution in [0.15, 0.2) is 46.9 Å². The van der Waals surface area contributed by atoms with Crippen molar-refractivity contribution in [3.05, 3.63) is 53.6 Å². The number of amides is 1. The Hall–Kier alpha value is -3.35. The molecule has 0 bridgehead atoms. The summed E-state index contributed by atoms with van der Waals surface area (Å²) in [5, 5.41) is 2.99. The second kappa shape index (κ2) is 7.95. The lowest BCUT2D eigenvalue weighted by Gasteiger charge is -2.30. The third kappa shape index (κ3) is 3.94. The summed E-state index contributed by atoms with van der Waals surface area (Å²) in [4.78, 5) is 31.0. The van der Waals surface area contributed by atoms with E-state index in [1.807, 2.05) is 31.2 Å². The van der Waals surface area contributed by atoms with Gasteiger partial charge < -0.3 is 19.4 Å². The molecule has 0 atom stereocenters. The zero-order valence-corrected chi connectivity index (χ0v) is 16.5. The highest BCUT2D eigenvalue weighted by Gasteiger charge is 2.27. The van der Waals surface area contributed by atoms with Crippen LogP contribution in [0.1, 0.15) is 28.8 Å². The summed E-state index contributed by atoms with van der Waals surface area (Å²) in [6, 6.07) is 13.4. The van der Waals surface area contributed by atoms with E-state index in [1.165, 1.54) is 7.11 Å². The molecule has 3 aromatic rings. The molecule has 29 heavy (non-hydrogen) atoms. The Labute approximate surface area is 168 Å². The van der Waals surface area contributed by atoms with Crippen molar-refractivity contribution in [2.45, 2.75) is 19.8 Å². The predicted octanol–water partition coefficient (Wildman–Crippen LogP) is 3.78. The molecule has 1 amide bonds. The van der Waals surface area contributed by atoms with E-state index < -0.39 is 5.97 Å². The number of oxazole rings is 1. The van der Waals surface area contributed by atoms with Gasteiger partial charge in [0.15, 0.2) is 5.58 Å². The molecule has 0 saturated carbocycles. The van der Waals surface area contributed by atoms with Crippen LogP contribution < -0.4 is 10.2 Å². The molecule has 2 heterocycles. The first-order valence-corrected chi connectivity index (χ1v) is 9.65. The summed E-state index contributed by atoms with van der Waals surface area (Å²) in [6.07, 6.45) is 1.45. The van der Waals surface area contributed by atoms with Crippen molar-refractivity contribution in [3.63, 3.8) is 0 Å². The van der Waals surface area contributed by atoms with Crippen LogP contribution in [-0.2, 0) is 9.53 Å². The molecule has 150 valence electrons. The molecular formula is C22H23N3O4. The van der Waals surface area contributed by atoms with Crippen LogP contribution in [0.4, 0.5) is 11.7 Å². The summed E-state index contributed by atoms with van der Waals surface area (Å²) in [6.45, 7) is 3.29. The molecule has 2 aromatic carbocycles. The van der Waals surface area contributed by atoms with Gasteiger partial charge in [-0.1, -0.05) is 12.1 Å². The number of carbonyl (C=O) groups excluding carboxylic acids is 2. The van der Waals surface area contributed by atoms with Crippen LogP contribution in [0.2, 0.25) is 0 Å². The molecule has 4 rings (SSSR count). The maximum absolute atomic E-state index is 12.7. The van der Waals surface area contributed by atoms with E-state index in [9.17, 15) is 9.59 Å². The second-order valence-electron chi connectivity index (χ2n) is 7.24. The minimum absolute atomic E-state index is 0.00358. The lowest BCUT2D eigenvalue weighted by atomic mass is 9.96. The van der Waals surface area contributed by atoms with E-state index in [4.69, 9.17) is 9.15 Å². The van der Waals surface area contributed by atoms with Gasteiger partial charge in [-0.05, 0) is 55.7 Å². The molecule has 1 aromatic heterocycles. The van der Waals surface area contributed by atoms with Crippen LogP contribution in [0.3, 0.4) is 0 Å².